The van der Waals surface area contributed by atoms with Gasteiger partial charge in [0.05, 0.1) is 11.0 Å². The maximum Gasteiger partial charge on any atom is 0.360 e. The molecule has 0 aliphatic rings. The van der Waals surface area contributed by atoms with E-state index >= 15 is 0 Å². The van der Waals surface area contributed by atoms with Crippen LogP contribution in [0.3, 0.4) is 0 Å². The van der Waals surface area contributed by atoms with E-state index in [4.69, 9.17) is 5.11 Å². The maximum absolute atomic E-state index is 11.4. The minimum atomic E-state index is -1.33. The number of carbonyl (C=O) groups is 1. The van der Waals surface area contributed by atoms with E-state index in [-0.39, 0.29) is 0 Å². The van der Waals surface area contributed by atoms with Crippen LogP contribution in [0.1, 0.15) is 16.1 Å². The van der Waals surface area contributed by atoms with E-state index in [1.54, 1.807) is 12.1 Å². The van der Waals surface area contributed by atoms with Crippen molar-refractivity contribution in [2.24, 2.45) is 0 Å². The number of benzene rings is 1. The fourth-order valence-electron chi connectivity index (χ4n) is 1.36. The smallest absolute Gasteiger partial charge is 0.360 e. The molecule has 0 aliphatic carbocycles. The predicted octanol–water partition coefficient (Wildman–Crippen LogP) is 1.69. The fourth-order valence-corrected chi connectivity index (χ4v) is 1.69. The second-order valence-electron chi connectivity index (χ2n) is 3.34. The minimum Gasteiger partial charge on any atom is -0.476 e. The highest BCUT2D eigenvalue weighted by Crippen LogP contribution is 2.20. The topological polar surface area (TPSA) is 83.0 Å². The number of aromatic carboxylic acids is 1. The molecule has 0 aliphatic heterocycles. The van der Waals surface area contributed by atoms with Crippen molar-refractivity contribution in [2.75, 3.05) is 0 Å². The highest BCUT2D eigenvalue weighted by molar-refractivity contribution is 9.10. The molecule has 0 radical (unpaired) electrons. The van der Waals surface area contributed by atoms with Crippen LogP contribution in [-0.2, 0) is 0 Å². The molecule has 1 aromatic heterocycles. The summed E-state index contributed by atoms with van der Waals surface area (Å²) in [6.07, 6.45) is 0. The van der Waals surface area contributed by atoms with Crippen molar-refractivity contribution in [3.8, 4) is 0 Å². The number of hydrogen-bond donors (Lipinski definition) is 2. The number of aryl methyl sites for hydroxylation is 1. The lowest BCUT2D eigenvalue weighted by molar-refractivity contribution is 0.0689. The van der Waals surface area contributed by atoms with Gasteiger partial charge in [-0.15, -0.1) is 0 Å². The molecule has 6 heteroatoms. The van der Waals surface area contributed by atoms with Crippen LogP contribution in [0.4, 0.5) is 0 Å². The number of H-pyrrole nitrogens is 1. The van der Waals surface area contributed by atoms with Crippen molar-refractivity contribution in [1.29, 1.82) is 0 Å². The Morgan fingerprint density at radius 3 is 2.81 bits per heavy atom. The molecule has 0 spiro atoms. The van der Waals surface area contributed by atoms with E-state index in [9.17, 15) is 9.59 Å². The van der Waals surface area contributed by atoms with Crippen LogP contribution >= 0.6 is 15.9 Å². The Labute approximate surface area is 98.3 Å². The summed E-state index contributed by atoms with van der Waals surface area (Å²) in [5.41, 5.74) is 0.711. The monoisotopic (exact) mass is 282 g/mol. The number of rotatable bonds is 1. The molecule has 2 aromatic rings. The summed E-state index contributed by atoms with van der Waals surface area (Å²) < 4.78 is 0.816. The van der Waals surface area contributed by atoms with Crippen LogP contribution in [0.5, 0.6) is 0 Å². The number of halogens is 1. The molecule has 0 bridgehead atoms. The molecular formula is C10H7BrN2O3. The van der Waals surface area contributed by atoms with Crippen LogP contribution in [0.25, 0.3) is 11.0 Å². The van der Waals surface area contributed by atoms with Crippen molar-refractivity contribution in [3.63, 3.8) is 0 Å². The first kappa shape index (κ1) is 10.8. The summed E-state index contributed by atoms with van der Waals surface area (Å²) in [6, 6.07) is 3.41. The summed E-state index contributed by atoms with van der Waals surface area (Å²) in [6.45, 7) is 1.87. The van der Waals surface area contributed by atoms with E-state index in [2.05, 4.69) is 25.9 Å². The van der Waals surface area contributed by atoms with Gasteiger partial charge in [-0.1, -0.05) is 15.9 Å². The molecule has 5 nitrogen and oxygen atoms in total. The number of carboxylic acid groups (broad SMARTS) is 1. The van der Waals surface area contributed by atoms with Gasteiger partial charge in [-0.3, -0.25) is 4.79 Å². The number of aromatic amines is 1. The van der Waals surface area contributed by atoms with E-state index in [1.165, 1.54) is 0 Å². The third kappa shape index (κ3) is 1.71. The van der Waals surface area contributed by atoms with Gasteiger partial charge in [0.15, 0.2) is 0 Å². The summed E-state index contributed by atoms with van der Waals surface area (Å²) in [7, 11) is 0. The molecule has 2 N–H and O–H groups in total. The lowest BCUT2D eigenvalue weighted by Gasteiger charge is -2.02. The van der Waals surface area contributed by atoms with E-state index in [0.29, 0.717) is 11.0 Å². The Hall–Kier alpha value is -1.69. The number of hydrogen-bond acceptors (Lipinski definition) is 3. The number of nitrogens with zero attached hydrogens (tertiary/aromatic N) is 1. The number of carboxylic acids is 1. The predicted molar refractivity (Wildman–Crippen MR) is 61.8 cm³/mol. The Kier molecular flexibility index (Phi) is 2.51. The van der Waals surface area contributed by atoms with Crippen molar-refractivity contribution in [3.05, 3.63) is 38.2 Å². The Morgan fingerprint density at radius 1 is 1.50 bits per heavy atom. The summed E-state index contributed by atoms with van der Waals surface area (Å²) in [5.74, 6) is -1.33. The number of aromatic nitrogens is 2. The average molecular weight is 283 g/mol. The molecule has 0 saturated carbocycles. The molecule has 2 rings (SSSR count). The summed E-state index contributed by atoms with van der Waals surface area (Å²) >= 11 is 3.32. The zero-order chi connectivity index (χ0) is 11.9. The molecule has 0 saturated heterocycles. The van der Waals surface area contributed by atoms with Crippen LogP contribution < -0.4 is 5.56 Å². The van der Waals surface area contributed by atoms with Gasteiger partial charge in [-0.25, -0.2) is 9.78 Å². The van der Waals surface area contributed by atoms with Crippen LogP contribution in [-0.4, -0.2) is 21.0 Å². The van der Waals surface area contributed by atoms with Crippen LogP contribution in [0.2, 0.25) is 0 Å². The Balaban J connectivity index is 2.85. The lowest BCUT2D eigenvalue weighted by Crippen LogP contribution is -2.19. The van der Waals surface area contributed by atoms with Crippen molar-refractivity contribution >= 4 is 32.9 Å². The van der Waals surface area contributed by atoms with Gasteiger partial charge in [0, 0.05) is 4.47 Å². The van der Waals surface area contributed by atoms with Gasteiger partial charge in [0.2, 0.25) is 5.69 Å². The molecule has 1 heterocycles. The van der Waals surface area contributed by atoms with Crippen LogP contribution in [0.15, 0.2) is 21.4 Å². The van der Waals surface area contributed by atoms with E-state index in [0.717, 1.165) is 10.0 Å². The highest BCUT2D eigenvalue weighted by Gasteiger charge is 2.12. The van der Waals surface area contributed by atoms with Crippen LogP contribution in [0, 0.1) is 6.92 Å². The number of fused-ring (bicyclic) bond motifs is 1. The first-order valence-electron chi connectivity index (χ1n) is 4.42. The molecule has 82 valence electrons. The third-order valence-electron chi connectivity index (χ3n) is 2.18. The molecule has 0 fully saturated rings. The zero-order valence-electron chi connectivity index (χ0n) is 8.24. The molecule has 0 atom stereocenters. The summed E-state index contributed by atoms with van der Waals surface area (Å²) in [5, 5.41) is 8.75. The van der Waals surface area contributed by atoms with Gasteiger partial charge in [0.25, 0.3) is 5.56 Å². The van der Waals surface area contributed by atoms with Crippen molar-refractivity contribution in [2.45, 2.75) is 6.92 Å². The molecule has 0 amide bonds. The first-order chi connectivity index (χ1) is 7.49. The highest BCUT2D eigenvalue weighted by atomic mass is 79.9. The largest absolute Gasteiger partial charge is 0.476 e. The quantitative estimate of drug-likeness (QED) is 0.834. The second-order valence-corrected chi connectivity index (χ2v) is 4.19. The van der Waals surface area contributed by atoms with E-state index < -0.39 is 17.2 Å². The van der Waals surface area contributed by atoms with Crippen molar-refractivity contribution in [1.82, 2.24) is 9.97 Å². The molecular weight excluding hydrogens is 276 g/mol. The Bertz CT molecular complexity index is 648. The van der Waals surface area contributed by atoms with Gasteiger partial charge < -0.3 is 10.1 Å². The SMILES string of the molecule is Cc1cc2[nH]c(=O)c(C(=O)O)nc2cc1Br. The van der Waals surface area contributed by atoms with Gasteiger partial charge in [-0.05, 0) is 24.6 Å². The third-order valence-corrected chi connectivity index (χ3v) is 3.03. The average Bonchev–Trinajstić information content (AvgIpc) is 2.19. The summed E-state index contributed by atoms with van der Waals surface area (Å²) in [4.78, 5) is 28.4. The molecule has 16 heavy (non-hydrogen) atoms. The minimum absolute atomic E-state index is 0.439. The zero-order valence-corrected chi connectivity index (χ0v) is 9.83. The maximum atomic E-state index is 11.4. The molecule has 0 unspecified atom stereocenters. The normalized spacial score (nSPS) is 10.6. The van der Waals surface area contributed by atoms with Gasteiger partial charge >= 0.3 is 5.97 Å². The van der Waals surface area contributed by atoms with Gasteiger partial charge in [0.1, 0.15) is 0 Å². The van der Waals surface area contributed by atoms with Crippen molar-refractivity contribution < 1.29 is 9.90 Å². The lowest BCUT2D eigenvalue weighted by atomic mass is 10.2. The standard InChI is InChI=1S/C10H7BrN2O3/c1-4-2-6-7(3-5(4)11)12-8(10(15)16)9(14)13-6/h2-3H,1H3,(H,13,14)(H,15,16). The molecule has 1 aromatic carbocycles. The first-order valence-corrected chi connectivity index (χ1v) is 5.22. The Morgan fingerprint density at radius 2 is 2.19 bits per heavy atom. The second kappa shape index (κ2) is 3.71. The van der Waals surface area contributed by atoms with Gasteiger partial charge in [-0.2, -0.15) is 0 Å². The van der Waals surface area contributed by atoms with E-state index in [1.807, 2.05) is 6.92 Å². The number of nitrogens with one attached hydrogen (secondary N) is 1. The fraction of sp³-hybridized carbons (Fsp3) is 0.100.